The summed E-state index contributed by atoms with van der Waals surface area (Å²) >= 11 is 0. The predicted molar refractivity (Wildman–Crippen MR) is 284 cm³/mol. The Morgan fingerprint density at radius 1 is 0.328 bits per heavy atom. The average molecular weight is 855 g/mol. The molecule has 11 aromatic carbocycles. The predicted octanol–water partition coefficient (Wildman–Crippen LogP) is 17.9. The standard InChI is InChI=1S/C65H46N2/c1-65(2)60-29-10-7-23-55(60)56-41-40-49(42-61(56)65)66(47-36-32-45(33-37-47)51-25-13-18-43-16-3-5-20-50(43)51)48-38-34-46(35-39-48)53-22-8-11-30-62(53)67-63-31-12-9-24-57(63)59-28-15-27-58(64(59)67)54-26-14-19-44-17-4-6-21-52(44)54/h3-42H,1-2H3. The Labute approximate surface area is 391 Å². The van der Waals surface area contributed by atoms with Crippen LogP contribution in [-0.2, 0) is 5.41 Å². The van der Waals surface area contributed by atoms with Crippen molar-refractivity contribution in [3.05, 3.63) is 254 Å². The van der Waals surface area contributed by atoms with Gasteiger partial charge >= 0.3 is 0 Å². The Kier molecular flexibility index (Phi) is 8.91. The molecule has 0 saturated heterocycles. The van der Waals surface area contributed by atoms with E-state index in [2.05, 4.69) is 266 Å². The van der Waals surface area contributed by atoms with Gasteiger partial charge in [-0.05, 0) is 115 Å². The highest BCUT2D eigenvalue weighted by Crippen LogP contribution is 2.51. The molecule has 13 rings (SSSR count). The van der Waals surface area contributed by atoms with Crippen LogP contribution in [0.2, 0.25) is 0 Å². The summed E-state index contributed by atoms with van der Waals surface area (Å²) < 4.78 is 2.50. The molecule has 2 heteroatoms. The van der Waals surface area contributed by atoms with Crippen LogP contribution in [0.3, 0.4) is 0 Å². The van der Waals surface area contributed by atoms with E-state index in [1.807, 2.05) is 0 Å². The van der Waals surface area contributed by atoms with Gasteiger partial charge in [0.1, 0.15) is 0 Å². The van der Waals surface area contributed by atoms with Gasteiger partial charge in [0.2, 0.25) is 0 Å². The molecule has 1 aliphatic carbocycles. The van der Waals surface area contributed by atoms with Gasteiger partial charge in [-0.1, -0.05) is 208 Å². The maximum absolute atomic E-state index is 2.50. The van der Waals surface area contributed by atoms with Gasteiger partial charge in [0.05, 0.1) is 16.7 Å². The molecule has 0 unspecified atom stereocenters. The van der Waals surface area contributed by atoms with Gasteiger partial charge in [-0.3, -0.25) is 0 Å². The zero-order valence-electron chi connectivity index (χ0n) is 37.5. The van der Waals surface area contributed by atoms with E-state index < -0.39 is 0 Å². The molecule has 2 nitrogen and oxygen atoms in total. The van der Waals surface area contributed by atoms with Crippen LogP contribution in [0.25, 0.3) is 93.5 Å². The minimum Gasteiger partial charge on any atom is -0.310 e. The van der Waals surface area contributed by atoms with Crippen molar-refractivity contribution in [1.29, 1.82) is 0 Å². The molecule has 1 aliphatic rings. The number of hydrogen-bond acceptors (Lipinski definition) is 1. The third kappa shape index (κ3) is 6.18. The van der Waals surface area contributed by atoms with Crippen LogP contribution >= 0.6 is 0 Å². The van der Waals surface area contributed by atoms with E-state index in [0.717, 1.165) is 28.3 Å². The lowest BCUT2D eigenvalue weighted by Crippen LogP contribution is -2.16. The number of fused-ring (bicyclic) bond motifs is 8. The molecule has 0 N–H and O–H groups in total. The Morgan fingerprint density at radius 3 is 1.54 bits per heavy atom. The molecule has 0 radical (unpaired) electrons. The number of hydrogen-bond donors (Lipinski definition) is 0. The highest BCUT2D eigenvalue weighted by atomic mass is 15.1. The van der Waals surface area contributed by atoms with Gasteiger partial charge in [-0.15, -0.1) is 0 Å². The molecule has 1 aromatic heterocycles. The first kappa shape index (κ1) is 39.0. The minimum atomic E-state index is -0.125. The Hall–Kier alpha value is -8.46. The van der Waals surface area contributed by atoms with Crippen LogP contribution in [0.15, 0.2) is 243 Å². The number of aromatic nitrogens is 1. The maximum atomic E-state index is 2.50. The summed E-state index contributed by atoms with van der Waals surface area (Å²) in [5, 5.41) is 7.49. The SMILES string of the molecule is CC1(C)c2ccccc2-c2ccc(N(c3ccc(-c4ccccc4-n4c5ccccc5c5cccc(-c6cccc7ccccc67)c54)cc3)c3ccc(-c4cccc5ccccc45)cc3)cc21. The number of benzene rings is 11. The summed E-state index contributed by atoms with van der Waals surface area (Å²) in [6.07, 6.45) is 0. The third-order valence-electron chi connectivity index (χ3n) is 14.4. The molecule has 316 valence electrons. The van der Waals surface area contributed by atoms with Crippen LogP contribution in [0, 0.1) is 0 Å². The molecule has 1 heterocycles. The molecule has 0 spiro atoms. The van der Waals surface area contributed by atoms with E-state index in [9.17, 15) is 0 Å². The zero-order valence-corrected chi connectivity index (χ0v) is 37.5. The molecule has 0 bridgehead atoms. The van der Waals surface area contributed by atoms with Crippen LogP contribution in [-0.4, -0.2) is 4.57 Å². The highest BCUT2D eigenvalue weighted by Gasteiger charge is 2.35. The third-order valence-corrected chi connectivity index (χ3v) is 14.4. The summed E-state index contributed by atoms with van der Waals surface area (Å²) in [4.78, 5) is 2.42. The monoisotopic (exact) mass is 854 g/mol. The lowest BCUT2D eigenvalue weighted by atomic mass is 9.82. The van der Waals surface area contributed by atoms with Crippen molar-refractivity contribution in [3.8, 4) is 50.2 Å². The zero-order chi connectivity index (χ0) is 44.6. The molecule has 0 fully saturated rings. The van der Waals surface area contributed by atoms with Gasteiger partial charge in [0, 0.05) is 44.4 Å². The van der Waals surface area contributed by atoms with Gasteiger partial charge in [-0.2, -0.15) is 0 Å². The van der Waals surface area contributed by atoms with Crippen LogP contribution < -0.4 is 4.90 Å². The minimum absolute atomic E-state index is 0.125. The molecule has 67 heavy (non-hydrogen) atoms. The summed E-state index contributed by atoms with van der Waals surface area (Å²) in [5.41, 5.74) is 19.4. The second-order valence-electron chi connectivity index (χ2n) is 18.5. The van der Waals surface area contributed by atoms with Crippen molar-refractivity contribution in [2.24, 2.45) is 0 Å². The second-order valence-corrected chi connectivity index (χ2v) is 18.5. The smallest absolute Gasteiger partial charge is 0.0619 e. The number of para-hydroxylation sites is 3. The van der Waals surface area contributed by atoms with E-state index in [-0.39, 0.29) is 5.41 Å². The highest BCUT2D eigenvalue weighted by molar-refractivity contribution is 6.16. The van der Waals surface area contributed by atoms with Gasteiger partial charge < -0.3 is 9.47 Å². The molecular weight excluding hydrogens is 809 g/mol. The summed E-state index contributed by atoms with van der Waals surface area (Å²) in [7, 11) is 0. The first-order valence-electron chi connectivity index (χ1n) is 23.3. The topological polar surface area (TPSA) is 8.17 Å². The lowest BCUT2D eigenvalue weighted by Gasteiger charge is -2.28. The van der Waals surface area contributed by atoms with E-state index in [0.29, 0.717) is 0 Å². The van der Waals surface area contributed by atoms with E-state index >= 15 is 0 Å². The molecule has 12 aromatic rings. The molecule has 0 saturated carbocycles. The number of nitrogens with zero attached hydrogens (tertiary/aromatic N) is 2. The molecule has 0 atom stereocenters. The normalized spacial score (nSPS) is 12.7. The van der Waals surface area contributed by atoms with Crippen molar-refractivity contribution >= 4 is 60.4 Å². The van der Waals surface area contributed by atoms with Crippen molar-refractivity contribution < 1.29 is 0 Å². The Morgan fingerprint density at radius 2 is 0.806 bits per heavy atom. The van der Waals surface area contributed by atoms with Gasteiger partial charge in [-0.25, -0.2) is 0 Å². The van der Waals surface area contributed by atoms with Gasteiger partial charge in [0.15, 0.2) is 0 Å². The largest absolute Gasteiger partial charge is 0.310 e. The van der Waals surface area contributed by atoms with Crippen LogP contribution in [0.4, 0.5) is 17.1 Å². The van der Waals surface area contributed by atoms with Crippen molar-refractivity contribution in [2.45, 2.75) is 19.3 Å². The first-order valence-corrected chi connectivity index (χ1v) is 23.3. The Balaban J connectivity index is 0.956. The fourth-order valence-electron chi connectivity index (χ4n) is 11.2. The lowest BCUT2D eigenvalue weighted by molar-refractivity contribution is 0.660. The van der Waals surface area contributed by atoms with Gasteiger partial charge in [0.25, 0.3) is 0 Å². The molecular formula is C65H46N2. The fourth-order valence-corrected chi connectivity index (χ4v) is 11.2. The molecule has 0 amide bonds. The van der Waals surface area contributed by atoms with E-state index in [4.69, 9.17) is 0 Å². The summed E-state index contributed by atoms with van der Waals surface area (Å²) in [6, 6.07) is 89.4. The van der Waals surface area contributed by atoms with Crippen molar-refractivity contribution in [1.82, 2.24) is 4.57 Å². The van der Waals surface area contributed by atoms with Crippen molar-refractivity contribution in [3.63, 3.8) is 0 Å². The van der Waals surface area contributed by atoms with Crippen LogP contribution in [0.1, 0.15) is 25.0 Å². The number of anilines is 3. The maximum Gasteiger partial charge on any atom is 0.0619 e. The molecule has 0 aliphatic heterocycles. The average Bonchev–Trinajstić information content (AvgIpc) is 3.84. The summed E-state index contributed by atoms with van der Waals surface area (Å²) in [6.45, 7) is 4.72. The van der Waals surface area contributed by atoms with Crippen molar-refractivity contribution in [2.75, 3.05) is 4.90 Å². The number of rotatable bonds is 7. The summed E-state index contributed by atoms with van der Waals surface area (Å²) in [5.74, 6) is 0. The first-order chi connectivity index (χ1) is 33.0. The Bertz CT molecular complexity index is 3880. The van der Waals surface area contributed by atoms with Crippen LogP contribution in [0.5, 0.6) is 0 Å². The van der Waals surface area contributed by atoms with E-state index in [1.54, 1.807) is 0 Å². The fraction of sp³-hybridized carbons (Fsp3) is 0.0462. The second kappa shape index (κ2) is 15.3. The quantitative estimate of drug-likeness (QED) is 0.155. The van der Waals surface area contributed by atoms with E-state index in [1.165, 1.54) is 93.4 Å².